The van der Waals surface area contributed by atoms with Gasteiger partial charge in [0.25, 0.3) is 8.32 Å². The maximum absolute atomic E-state index is 13.1. The van der Waals surface area contributed by atoms with E-state index in [9.17, 15) is 9.50 Å². The van der Waals surface area contributed by atoms with Gasteiger partial charge in [-0.1, -0.05) is 26.8 Å². The predicted octanol–water partition coefficient (Wildman–Crippen LogP) is 3.92. The minimum Gasteiger partial charge on any atom is -0.541 e. The Morgan fingerprint density at radius 1 is 1.25 bits per heavy atom. The standard InChI is InChI=1S/C12H19FO2Si/c1-12(2,3)16(4,5)15-10-8-6-7-9(13)11(10)14/h6-8,14H,1-5H3. The Balaban J connectivity index is 3.02. The number of para-hydroxylation sites is 1. The largest absolute Gasteiger partial charge is 0.541 e. The van der Waals surface area contributed by atoms with Gasteiger partial charge in [0.2, 0.25) is 0 Å². The zero-order valence-corrected chi connectivity index (χ0v) is 11.5. The van der Waals surface area contributed by atoms with E-state index in [2.05, 4.69) is 33.9 Å². The topological polar surface area (TPSA) is 29.5 Å². The minimum absolute atomic E-state index is 0.0196. The molecule has 2 nitrogen and oxygen atoms in total. The average molecular weight is 242 g/mol. The van der Waals surface area contributed by atoms with Crippen molar-refractivity contribution in [2.45, 2.75) is 38.9 Å². The Bertz CT molecular complexity index is 383. The Kier molecular flexibility index (Phi) is 3.33. The molecule has 0 spiro atoms. The van der Waals surface area contributed by atoms with Gasteiger partial charge in [0.15, 0.2) is 11.6 Å². The Morgan fingerprint density at radius 2 is 1.81 bits per heavy atom. The van der Waals surface area contributed by atoms with Crippen molar-refractivity contribution < 1.29 is 13.9 Å². The summed E-state index contributed by atoms with van der Waals surface area (Å²) >= 11 is 0. The monoisotopic (exact) mass is 242 g/mol. The summed E-state index contributed by atoms with van der Waals surface area (Å²) in [6, 6.07) is 4.35. The molecule has 0 aliphatic rings. The van der Waals surface area contributed by atoms with Crippen molar-refractivity contribution in [2.75, 3.05) is 0 Å². The highest BCUT2D eigenvalue weighted by atomic mass is 28.4. The van der Waals surface area contributed by atoms with Crippen LogP contribution >= 0.6 is 0 Å². The highest BCUT2D eigenvalue weighted by molar-refractivity contribution is 6.74. The highest BCUT2D eigenvalue weighted by Gasteiger charge is 2.39. The number of hydrogen-bond donors (Lipinski definition) is 1. The molecule has 4 heteroatoms. The summed E-state index contributed by atoms with van der Waals surface area (Å²) in [7, 11) is -2.03. The second kappa shape index (κ2) is 4.09. The summed E-state index contributed by atoms with van der Waals surface area (Å²) in [5, 5.41) is 9.57. The molecule has 16 heavy (non-hydrogen) atoms. The van der Waals surface area contributed by atoms with E-state index in [1.807, 2.05) is 0 Å². The summed E-state index contributed by atoms with van der Waals surface area (Å²) < 4.78 is 19.0. The van der Waals surface area contributed by atoms with Crippen LogP contribution in [0.25, 0.3) is 0 Å². The molecule has 1 rings (SSSR count). The first kappa shape index (κ1) is 13.0. The van der Waals surface area contributed by atoms with Crippen molar-refractivity contribution in [3.63, 3.8) is 0 Å². The van der Waals surface area contributed by atoms with E-state index < -0.39 is 19.9 Å². The van der Waals surface area contributed by atoms with Crippen LogP contribution in [0.15, 0.2) is 18.2 Å². The van der Waals surface area contributed by atoms with Crippen LogP contribution in [0.5, 0.6) is 11.5 Å². The number of benzene rings is 1. The van der Waals surface area contributed by atoms with Crippen molar-refractivity contribution in [3.05, 3.63) is 24.0 Å². The summed E-state index contributed by atoms with van der Waals surface area (Å²) in [6.45, 7) is 10.4. The first-order chi connectivity index (χ1) is 7.15. The predicted molar refractivity (Wildman–Crippen MR) is 65.9 cm³/mol. The molecule has 0 aliphatic carbocycles. The average Bonchev–Trinajstić information content (AvgIpc) is 2.11. The molecule has 0 heterocycles. The maximum atomic E-state index is 13.1. The molecule has 0 atom stereocenters. The second-order valence-electron chi connectivity index (χ2n) is 5.45. The molecule has 0 unspecified atom stereocenters. The molecule has 0 aliphatic heterocycles. The lowest BCUT2D eigenvalue weighted by Gasteiger charge is -2.36. The van der Waals surface area contributed by atoms with Crippen molar-refractivity contribution in [1.82, 2.24) is 0 Å². The molecule has 0 bridgehead atoms. The summed E-state index contributed by atoms with van der Waals surface area (Å²) in [5.41, 5.74) is 0. The van der Waals surface area contributed by atoms with E-state index in [4.69, 9.17) is 4.43 Å². The number of halogens is 1. The van der Waals surface area contributed by atoms with Crippen molar-refractivity contribution in [1.29, 1.82) is 0 Å². The maximum Gasteiger partial charge on any atom is 0.250 e. The molecular weight excluding hydrogens is 223 g/mol. The second-order valence-corrected chi connectivity index (χ2v) is 10.2. The molecule has 0 fully saturated rings. The van der Waals surface area contributed by atoms with E-state index in [0.29, 0.717) is 0 Å². The van der Waals surface area contributed by atoms with Crippen molar-refractivity contribution in [2.24, 2.45) is 0 Å². The third kappa shape index (κ3) is 2.55. The van der Waals surface area contributed by atoms with Crippen LogP contribution in [0.1, 0.15) is 20.8 Å². The fourth-order valence-electron chi connectivity index (χ4n) is 1.01. The molecule has 90 valence electrons. The Morgan fingerprint density at radius 3 is 2.31 bits per heavy atom. The number of hydrogen-bond acceptors (Lipinski definition) is 2. The van der Waals surface area contributed by atoms with Gasteiger partial charge in [-0.3, -0.25) is 0 Å². The third-order valence-corrected chi connectivity index (χ3v) is 7.46. The fourth-order valence-corrected chi connectivity index (χ4v) is 2.03. The van der Waals surface area contributed by atoms with Crippen LogP contribution in [-0.2, 0) is 0 Å². The van der Waals surface area contributed by atoms with E-state index in [1.54, 1.807) is 6.07 Å². The SMILES string of the molecule is CC(C)(C)[Si](C)(C)Oc1cccc(F)c1O. The van der Waals surface area contributed by atoms with Gasteiger partial charge in [-0.2, -0.15) is 0 Å². The molecule has 1 aromatic rings. The van der Waals surface area contributed by atoms with Gasteiger partial charge < -0.3 is 9.53 Å². The van der Waals surface area contributed by atoms with Crippen molar-refractivity contribution >= 4 is 8.32 Å². The lowest BCUT2D eigenvalue weighted by molar-refractivity contribution is 0.394. The van der Waals surface area contributed by atoms with Crippen molar-refractivity contribution in [3.8, 4) is 11.5 Å². The first-order valence-corrected chi connectivity index (χ1v) is 8.22. The van der Waals surface area contributed by atoms with E-state index in [-0.39, 0.29) is 10.8 Å². The zero-order valence-electron chi connectivity index (χ0n) is 10.5. The molecule has 0 aromatic heterocycles. The van der Waals surface area contributed by atoms with E-state index in [0.717, 1.165) is 0 Å². The molecule has 0 amide bonds. The van der Waals surface area contributed by atoms with Gasteiger partial charge in [0.1, 0.15) is 5.75 Å². The zero-order chi connectivity index (χ0) is 12.6. The van der Waals surface area contributed by atoms with Crippen LogP contribution in [0.2, 0.25) is 18.1 Å². The van der Waals surface area contributed by atoms with E-state index in [1.165, 1.54) is 12.1 Å². The molecule has 0 radical (unpaired) electrons. The Hall–Kier alpha value is -1.03. The Labute approximate surface area is 97.2 Å². The van der Waals surface area contributed by atoms with Gasteiger partial charge in [0.05, 0.1) is 0 Å². The number of phenolic OH excluding ortho intramolecular Hbond substituents is 1. The highest BCUT2D eigenvalue weighted by Crippen LogP contribution is 2.40. The lowest BCUT2D eigenvalue weighted by Crippen LogP contribution is -2.43. The summed E-state index contributed by atoms with van der Waals surface area (Å²) in [6.07, 6.45) is 0. The summed E-state index contributed by atoms with van der Waals surface area (Å²) in [5.74, 6) is -0.796. The third-order valence-electron chi connectivity index (χ3n) is 3.12. The van der Waals surface area contributed by atoms with Crippen LogP contribution in [0, 0.1) is 5.82 Å². The molecule has 1 aromatic carbocycles. The number of aromatic hydroxyl groups is 1. The fraction of sp³-hybridized carbons (Fsp3) is 0.500. The first-order valence-electron chi connectivity index (χ1n) is 5.31. The normalized spacial score (nSPS) is 12.6. The molecule has 1 N–H and O–H groups in total. The minimum atomic E-state index is -2.03. The molecular formula is C12H19FO2Si. The van der Waals surface area contributed by atoms with Crippen LogP contribution in [0.3, 0.4) is 0 Å². The number of rotatable bonds is 2. The van der Waals surface area contributed by atoms with Crippen LogP contribution < -0.4 is 4.43 Å². The van der Waals surface area contributed by atoms with Crippen LogP contribution in [-0.4, -0.2) is 13.4 Å². The van der Waals surface area contributed by atoms with Crippen LogP contribution in [0.4, 0.5) is 4.39 Å². The molecule has 0 saturated carbocycles. The van der Waals surface area contributed by atoms with Gasteiger partial charge >= 0.3 is 0 Å². The van der Waals surface area contributed by atoms with Gasteiger partial charge in [-0.25, -0.2) is 4.39 Å². The summed E-state index contributed by atoms with van der Waals surface area (Å²) in [4.78, 5) is 0. The van der Waals surface area contributed by atoms with E-state index >= 15 is 0 Å². The lowest BCUT2D eigenvalue weighted by atomic mass is 10.2. The van der Waals surface area contributed by atoms with Gasteiger partial charge in [-0.15, -0.1) is 0 Å². The quantitative estimate of drug-likeness (QED) is 0.797. The number of phenols is 1. The molecule has 0 saturated heterocycles. The van der Waals surface area contributed by atoms with Gasteiger partial charge in [-0.05, 0) is 30.3 Å². The smallest absolute Gasteiger partial charge is 0.250 e. The van der Waals surface area contributed by atoms with Gasteiger partial charge in [0, 0.05) is 0 Å².